The van der Waals surface area contributed by atoms with Gasteiger partial charge in [-0.3, -0.25) is 5.32 Å². The predicted molar refractivity (Wildman–Crippen MR) is 94.8 cm³/mol. The van der Waals surface area contributed by atoms with Gasteiger partial charge in [-0.05, 0) is 50.2 Å². The Labute approximate surface area is 142 Å². The van der Waals surface area contributed by atoms with E-state index in [0.29, 0.717) is 17.5 Å². The molecule has 1 N–H and O–H groups in total. The summed E-state index contributed by atoms with van der Waals surface area (Å²) in [5, 5.41) is 2.74. The fraction of sp³-hybridized carbons (Fsp3) is 0.316. The van der Waals surface area contributed by atoms with E-state index >= 15 is 0 Å². The molecular weight excluding hydrogens is 304 g/mol. The maximum Gasteiger partial charge on any atom is 0.417 e. The molecule has 1 heterocycles. The molecule has 5 heteroatoms. The third-order valence-corrected chi connectivity index (χ3v) is 4.01. The van der Waals surface area contributed by atoms with Crippen LogP contribution in [0.1, 0.15) is 13.8 Å². The average Bonchev–Trinajstić information content (AvgIpc) is 2.59. The zero-order valence-corrected chi connectivity index (χ0v) is 13.9. The quantitative estimate of drug-likeness (QED) is 0.929. The fourth-order valence-electron chi connectivity index (χ4n) is 2.74. The van der Waals surface area contributed by atoms with Crippen molar-refractivity contribution in [3.63, 3.8) is 0 Å². The topological polar surface area (TPSA) is 50.8 Å². The van der Waals surface area contributed by atoms with E-state index in [1.54, 1.807) is 12.1 Å². The van der Waals surface area contributed by atoms with Crippen molar-refractivity contribution in [1.82, 2.24) is 0 Å². The molecule has 1 fully saturated rings. The molecule has 5 nitrogen and oxygen atoms in total. The number of hydrogen-bond acceptors (Lipinski definition) is 4. The molecular formula is C19H22N2O3. The lowest BCUT2D eigenvalue weighted by Gasteiger charge is -2.38. The van der Waals surface area contributed by atoms with Crippen molar-refractivity contribution in [2.24, 2.45) is 0 Å². The Morgan fingerprint density at radius 1 is 1.12 bits per heavy atom. The number of anilines is 2. The normalized spacial score (nSPS) is 20.5. The summed E-state index contributed by atoms with van der Waals surface area (Å²) in [5.41, 5.74) is 1.83. The van der Waals surface area contributed by atoms with E-state index in [4.69, 9.17) is 9.47 Å². The minimum absolute atomic E-state index is 0.222. The molecule has 0 bridgehead atoms. The van der Waals surface area contributed by atoms with Crippen LogP contribution in [-0.2, 0) is 4.74 Å². The lowest BCUT2D eigenvalue weighted by atomic mass is 10.1. The van der Waals surface area contributed by atoms with E-state index in [9.17, 15) is 4.79 Å². The molecule has 2 aromatic carbocycles. The standard InChI is InChI=1S/C19H22N2O3/c1-14-13-23-15(2)12-21(14)17-10-8-16(9-11-17)20-19(22)24-18-6-4-3-5-7-18/h3-11,14-15H,12-13H2,1-2H3,(H,20,22). The van der Waals surface area contributed by atoms with Crippen LogP contribution in [0.2, 0.25) is 0 Å². The van der Waals surface area contributed by atoms with Crippen LogP contribution in [0.5, 0.6) is 5.75 Å². The van der Waals surface area contributed by atoms with Gasteiger partial charge in [-0.15, -0.1) is 0 Å². The lowest BCUT2D eigenvalue weighted by Crippen LogP contribution is -2.47. The van der Waals surface area contributed by atoms with Gasteiger partial charge in [0.1, 0.15) is 5.75 Å². The van der Waals surface area contributed by atoms with Crippen molar-refractivity contribution in [2.45, 2.75) is 26.0 Å². The Morgan fingerprint density at radius 3 is 2.54 bits per heavy atom. The van der Waals surface area contributed by atoms with E-state index < -0.39 is 6.09 Å². The minimum Gasteiger partial charge on any atom is -0.410 e. The summed E-state index contributed by atoms with van der Waals surface area (Å²) in [6.07, 6.45) is -0.276. The molecule has 2 aromatic rings. The molecule has 3 rings (SSSR count). The maximum atomic E-state index is 11.9. The molecule has 0 radical (unpaired) electrons. The predicted octanol–water partition coefficient (Wildman–Crippen LogP) is 3.91. The van der Waals surface area contributed by atoms with Crippen LogP contribution in [0.25, 0.3) is 0 Å². The van der Waals surface area contributed by atoms with Crippen molar-refractivity contribution in [2.75, 3.05) is 23.4 Å². The second-order valence-electron chi connectivity index (χ2n) is 6.02. The maximum absolute atomic E-state index is 11.9. The number of carbonyl (C=O) groups excluding carboxylic acids is 1. The van der Waals surface area contributed by atoms with E-state index in [-0.39, 0.29) is 6.10 Å². The number of benzene rings is 2. The highest BCUT2D eigenvalue weighted by Gasteiger charge is 2.23. The third kappa shape index (κ3) is 4.06. The summed E-state index contributed by atoms with van der Waals surface area (Å²) in [6, 6.07) is 17.1. The number of amides is 1. The summed E-state index contributed by atoms with van der Waals surface area (Å²) in [6.45, 7) is 5.82. The molecule has 2 atom stereocenters. The zero-order chi connectivity index (χ0) is 16.9. The number of nitrogens with zero attached hydrogens (tertiary/aromatic N) is 1. The average molecular weight is 326 g/mol. The number of ether oxygens (including phenoxy) is 2. The number of carbonyl (C=O) groups is 1. The SMILES string of the molecule is CC1CN(c2ccc(NC(=O)Oc3ccccc3)cc2)C(C)CO1. The van der Waals surface area contributed by atoms with Gasteiger partial charge in [-0.1, -0.05) is 18.2 Å². The van der Waals surface area contributed by atoms with Crippen molar-refractivity contribution >= 4 is 17.5 Å². The first-order valence-electron chi connectivity index (χ1n) is 8.14. The largest absolute Gasteiger partial charge is 0.417 e. The number of rotatable bonds is 3. The lowest BCUT2D eigenvalue weighted by molar-refractivity contribution is 0.0344. The van der Waals surface area contributed by atoms with Gasteiger partial charge in [0.15, 0.2) is 0 Å². The molecule has 0 aromatic heterocycles. The van der Waals surface area contributed by atoms with Gasteiger partial charge >= 0.3 is 6.09 Å². The molecule has 1 aliphatic rings. The van der Waals surface area contributed by atoms with Gasteiger partial charge in [0.25, 0.3) is 0 Å². The van der Waals surface area contributed by atoms with Crippen LogP contribution in [0, 0.1) is 0 Å². The summed E-state index contributed by atoms with van der Waals surface area (Å²) < 4.78 is 10.9. The number of para-hydroxylation sites is 1. The Balaban J connectivity index is 1.61. The van der Waals surface area contributed by atoms with Gasteiger partial charge < -0.3 is 14.4 Å². The highest BCUT2D eigenvalue weighted by Crippen LogP contribution is 2.23. The highest BCUT2D eigenvalue weighted by atomic mass is 16.6. The van der Waals surface area contributed by atoms with Crippen LogP contribution >= 0.6 is 0 Å². The third-order valence-electron chi connectivity index (χ3n) is 4.01. The number of nitrogens with one attached hydrogen (secondary N) is 1. The Kier molecular flexibility index (Phi) is 5.01. The van der Waals surface area contributed by atoms with Crippen LogP contribution in [-0.4, -0.2) is 31.4 Å². The van der Waals surface area contributed by atoms with Crippen LogP contribution in [0.3, 0.4) is 0 Å². The Hall–Kier alpha value is -2.53. The van der Waals surface area contributed by atoms with Gasteiger partial charge in [0, 0.05) is 24.0 Å². The first kappa shape index (κ1) is 16.3. The zero-order valence-electron chi connectivity index (χ0n) is 13.9. The summed E-state index contributed by atoms with van der Waals surface area (Å²) in [5.74, 6) is 0.516. The van der Waals surface area contributed by atoms with Gasteiger partial charge in [-0.25, -0.2) is 4.79 Å². The van der Waals surface area contributed by atoms with Crippen molar-refractivity contribution in [3.8, 4) is 5.75 Å². The summed E-state index contributed by atoms with van der Waals surface area (Å²) in [4.78, 5) is 14.2. The van der Waals surface area contributed by atoms with Crippen molar-refractivity contribution in [1.29, 1.82) is 0 Å². The first-order chi connectivity index (χ1) is 11.6. The smallest absolute Gasteiger partial charge is 0.410 e. The van der Waals surface area contributed by atoms with Crippen LogP contribution < -0.4 is 15.0 Å². The molecule has 0 spiro atoms. The molecule has 0 saturated carbocycles. The molecule has 2 unspecified atom stereocenters. The number of morpholine rings is 1. The Bertz CT molecular complexity index is 673. The summed E-state index contributed by atoms with van der Waals surface area (Å²) >= 11 is 0. The summed E-state index contributed by atoms with van der Waals surface area (Å²) in [7, 11) is 0. The van der Waals surface area contributed by atoms with Crippen LogP contribution in [0.4, 0.5) is 16.2 Å². The molecule has 1 saturated heterocycles. The van der Waals surface area contributed by atoms with E-state index in [2.05, 4.69) is 24.1 Å². The molecule has 126 valence electrons. The van der Waals surface area contributed by atoms with E-state index in [1.807, 2.05) is 42.5 Å². The monoisotopic (exact) mass is 326 g/mol. The molecule has 24 heavy (non-hydrogen) atoms. The Morgan fingerprint density at radius 2 is 1.83 bits per heavy atom. The van der Waals surface area contributed by atoms with E-state index in [1.165, 1.54) is 0 Å². The van der Waals surface area contributed by atoms with Gasteiger partial charge in [0.2, 0.25) is 0 Å². The minimum atomic E-state index is -0.498. The molecule has 1 aliphatic heterocycles. The van der Waals surface area contributed by atoms with Gasteiger partial charge in [-0.2, -0.15) is 0 Å². The van der Waals surface area contributed by atoms with Gasteiger partial charge in [0.05, 0.1) is 12.7 Å². The van der Waals surface area contributed by atoms with Crippen molar-refractivity contribution in [3.05, 3.63) is 54.6 Å². The number of hydrogen-bond donors (Lipinski definition) is 1. The first-order valence-corrected chi connectivity index (χ1v) is 8.14. The van der Waals surface area contributed by atoms with E-state index in [0.717, 1.165) is 18.8 Å². The molecule has 0 aliphatic carbocycles. The highest BCUT2D eigenvalue weighted by molar-refractivity contribution is 5.86. The molecule has 1 amide bonds. The fourth-order valence-corrected chi connectivity index (χ4v) is 2.74. The second-order valence-corrected chi connectivity index (χ2v) is 6.02. The van der Waals surface area contributed by atoms with Crippen molar-refractivity contribution < 1.29 is 14.3 Å². The second kappa shape index (κ2) is 7.36. The van der Waals surface area contributed by atoms with Crippen LogP contribution in [0.15, 0.2) is 54.6 Å².